The highest BCUT2D eigenvalue weighted by Crippen LogP contribution is 2.50. The predicted molar refractivity (Wildman–Crippen MR) is 150 cm³/mol. The van der Waals surface area contributed by atoms with Gasteiger partial charge in [-0.15, -0.1) is 0 Å². The topological polar surface area (TPSA) is 82.4 Å². The van der Waals surface area contributed by atoms with Gasteiger partial charge in [-0.2, -0.15) is 0 Å². The molecule has 0 aromatic heterocycles. The normalized spacial score (nSPS) is 27.6. The molecule has 2 fully saturated rings. The van der Waals surface area contributed by atoms with Gasteiger partial charge in [-0.1, -0.05) is 53.7 Å². The molecule has 7 nitrogen and oxygen atoms in total. The summed E-state index contributed by atoms with van der Waals surface area (Å²) in [5.41, 5.74) is 0.993. The smallest absolute Gasteiger partial charge is 0.335 e. The van der Waals surface area contributed by atoms with Crippen LogP contribution in [0.4, 0.5) is 0 Å². The molecule has 38 heavy (non-hydrogen) atoms. The van der Waals surface area contributed by atoms with E-state index in [2.05, 4.69) is 58.3 Å². The summed E-state index contributed by atoms with van der Waals surface area (Å²) in [5.74, 6) is 0.241. The predicted octanol–water partition coefficient (Wildman–Crippen LogP) is 6.15. The minimum absolute atomic E-state index is 0.00850. The number of carboxylic acid groups (broad SMARTS) is 1. The molecule has 7 heteroatoms. The maximum Gasteiger partial charge on any atom is 0.335 e. The van der Waals surface area contributed by atoms with Crippen molar-refractivity contribution in [1.29, 1.82) is 0 Å². The Morgan fingerprint density at radius 1 is 1.13 bits per heavy atom. The number of carbonyl (C=O) groups excluding carboxylic acids is 1. The van der Waals surface area contributed by atoms with Crippen LogP contribution in [0, 0.1) is 16.7 Å². The molecule has 1 aliphatic carbocycles. The first kappa shape index (κ1) is 28.6. The summed E-state index contributed by atoms with van der Waals surface area (Å²) >= 11 is 0. The quantitative estimate of drug-likeness (QED) is 0.499. The molecule has 1 aromatic rings. The van der Waals surface area contributed by atoms with Crippen molar-refractivity contribution in [2.24, 2.45) is 21.7 Å². The lowest BCUT2D eigenvalue weighted by molar-refractivity contribution is -0.134. The Morgan fingerprint density at radius 2 is 1.76 bits per heavy atom. The molecule has 0 bridgehead atoms. The zero-order valence-corrected chi connectivity index (χ0v) is 24.4. The second kappa shape index (κ2) is 10.6. The summed E-state index contributed by atoms with van der Waals surface area (Å²) in [6, 6.07) is 7.04. The monoisotopic (exact) mass is 525 g/mol. The number of aliphatic imine (C=N–C) groups is 1. The van der Waals surface area contributed by atoms with Crippen LogP contribution in [0.2, 0.25) is 0 Å². The van der Waals surface area contributed by atoms with Crippen molar-refractivity contribution in [3.05, 3.63) is 35.4 Å². The van der Waals surface area contributed by atoms with Gasteiger partial charge in [-0.25, -0.2) is 9.79 Å². The zero-order valence-electron chi connectivity index (χ0n) is 24.4. The highest BCUT2D eigenvalue weighted by molar-refractivity contribution is 6.39. The Morgan fingerprint density at radius 3 is 2.29 bits per heavy atom. The summed E-state index contributed by atoms with van der Waals surface area (Å²) in [6.45, 7) is 17.6. The number of amides is 1. The maximum absolute atomic E-state index is 14.4. The van der Waals surface area contributed by atoms with Crippen LogP contribution in [0.25, 0.3) is 0 Å². The summed E-state index contributed by atoms with van der Waals surface area (Å²) in [4.78, 5) is 35.6. The van der Waals surface area contributed by atoms with E-state index in [-0.39, 0.29) is 34.4 Å². The van der Waals surface area contributed by atoms with E-state index in [1.165, 1.54) is 0 Å². The Labute approximate surface area is 228 Å². The van der Waals surface area contributed by atoms with Crippen molar-refractivity contribution in [1.82, 2.24) is 9.80 Å². The van der Waals surface area contributed by atoms with E-state index in [1.54, 1.807) is 12.1 Å². The van der Waals surface area contributed by atoms with Crippen molar-refractivity contribution < 1.29 is 19.4 Å². The number of nitrogens with zero attached hydrogens (tertiary/aromatic N) is 3. The van der Waals surface area contributed by atoms with Crippen molar-refractivity contribution in [2.45, 2.75) is 105 Å². The van der Waals surface area contributed by atoms with E-state index < -0.39 is 11.6 Å². The fourth-order valence-corrected chi connectivity index (χ4v) is 6.42. The van der Waals surface area contributed by atoms with Gasteiger partial charge in [0.25, 0.3) is 5.91 Å². The number of aromatic carboxylic acids is 1. The molecule has 2 heterocycles. The zero-order chi connectivity index (χ0) is 27.9. The molecule has 210 valence electrons. The van der Waals surface area contributed by atoms with Crippen LogP contribution >= 0.6 is 0 Å². The molecule has 2 aliphatic heterocycles. The Bertz CT molecular complexity index is 1040. The van der Waals surface area contributed by atoms with Crippen LogP contribution in [-0.2, 0) is 9.53 Å². The molecule has 1 amide bonds. The second-order valence-corrected chi connectivity index (χ2v) is 13.9. The van der Waals surface area contributed by atoms with Crippen LogP contribution in [0.5, 0.6) is 0 Å². The highest BCUT2D eigenvalue weighted by atomic mass is 16.5. The molecule has 3 aliphatic rings. The molecule has 1 N–H and O–H groups in total. The Kier molecular flexibility index (Phi) is 8.00. The Hall–Kier alpha value is -2.41. The first-order valence-electron chi connectivity index (χ1n) is 14.3. The molecule has 1 saturated heterocycles. The number of amidine groups is 1. The lowest BCUT2D eigenvalue weighted by Crippen LogP contribution is -2.54. The average molecular weight is 526 g/mol. The third kappa shape index (κ3) is 5.93. The van der Waals surface area contributed by atoms with Gasteiger partial charge in [0, 0.05) is 6.54 Å². The molecule has 0 radical (unpaired) electrons. The number of rotatable bonds is 5. The van der Waals surface area contributed by atoms with Gasteiger partial charge >= 0.3 is 5.97 Å². The van der Waals surface area contributed by atoms with Crippen molar-refractivity contribution in [2.75, 3.05) is 19.8 Å². The fraction of sp³-hybridized carbons (Fsp3) is 0.710. The van der Waals surface area contributed by atoms with Crippen LogP contribution in [0.3, 0.4) is 0 Å². The van der Waals surface area contributed by atoms with E-state index >= 15 is 0 Å². The van der Waals surface area contributed by atoms with Crippen molar-refractivity contribution >= 4 is 17.7 Å². The number of carboxylic acids is 1. The summed E-state index contributed by atoms with van der Waals surface area (Å²) in [5, 5.41) is 9.47. The first-order chi connectivity index (χ1) is 17.7. The molecule has 4 rings (SSSR count). The minimum Gasteiger partial charge on any atom is -0.478 e. The molecule has 1 aromatic carbocycles. The Balaban J connectivity index is 1.76. The van der Waals surface area contributed by atoms with E-state index in [9.17, 15) is 14.7 Å². The minimum atomic E-state index is -0.941. The molecular formula is C31H47N3O4. The molecular weight excluding hydrogens is 478 g/mol. The third-order valence-corrected chi connectivity index (χ3v) is 8.85. The number of morpholine rings is 1. The fourth-order valence-electron chi connectivity index (χ4n) is 6.42. The molecule has 0 unspecified atom stereocenters. The highest BCUT2D eigenvalue weighted by Gasteiger charge is 2.54. The van der Waals surface area contributed by atoms with Crippen molar-refractivity contribution in [3.63, 3.8) is 0 Å². The lowest BCUT2D eigenvalue weighted by atomic mass is 9.69. The van der Waals surface area contributed by atoms with Crippen LogP contribution in [-0.4, -0.2) is 64.1 Å². The van der Waals surface area contributed by atoms with E-state index in [4.69, 9.17) is 9.73 Å². The molecule has 1 spiro atoms. The van der Waals surface area contributed by atoms with E-state index in [0.29, 0.717) is 31.5 Å². The van der Waals surface area contributed by atoms with E-state index in [1.807, 2.05) is 12.1 Å². The van der Waals surface area contributed by atoms with Gasteiger partial charge in [0.05, 0.1) is 30.9 Å². The summed E-state index contributed by atoms with van der Waals surface area (Å²) in [7, 11) is 0. The number of ether oxygens (including phenoxy) is 1. The lowest BCUT2D eigenvalue weighted by Gasteiger charge is -2.47. The second-order valence-electron chi connectivity index (χ2n) is 13.9. The van der Waals surface area contributed by atoms with Gasteiger partial charge in [-0.3, -0.25) is 4.79 Å². The summed E-state index contributed by atoms with van der Waals surface area (Å²) in [6.07, 6.45) is 5.50. The van der Waals surface area contributed by atoms with Gasteiger partial charge in [-0.05, 0) is 79.9 Å². The van der Waals surface area contributed by atoms with Crippen LogP contribution in [0.1, 0.15) is 109 Å². The van der Waals surface area contributed by atoms with Crippen LogP contribution in [0.15, 0.2) is 29.3 Å². The van der Waals surface area contributed by atoms with Gasteiger partial charge in [0.2, 0.25) is 0 Å². The van der Waals surface area contributed by atoms with Crippen molar-refractivity contribution in [3.8, 4) is 0 Å². The number of carbonyl (C=O) groups is 2. The van der Waals surface area contributed by atoms with Gasteiger partial charge < -0.3 is 19.6 Å². The van der Waals surface area contributed by atoms with Crippen LogP contribution < -0.4 is 0 Å². The largest absolute Gasteiger partial charge is 0.478 e. The van der Waals surface area contributed by atoms with E-state index in [0.717, 1.165) is 44.1 Å². The van der Waals surface area contributed by atoms with Gasteiger partial charge in [0.1, 0.15) is 5.66 Å². The number of hydrogen-bond acceptors (Lipinski definition) is 5. The standard InChI is InChI=1S/C31H47N3O4/c1-21-20-38-19-18-33(21)26-27(35)34(31(32-26)16-12-24(13-17-31)30(5,6)7)25(14-15-29(2,3)4)22-8-10-23(11-9-22)28(36)37/h8-11,21,24-25H,12-20H2,1-7H3,(H,36,37)/t21-,24?,25+,31?/m0/s1. The summed E-state index contributed by atoms with van der Waals surface area (Å²) < 4.78 is 5.68. The maximum atomic E-state index is 14.4. The molecule has 1 saturated carbocycles. The SMILES string of the molecule is C[C@H]1COCCN1C1=NC2(CCC(C(C)(C)C)CC2)N([C@H](CCC(C)(C)C)c2ccc(C(=O)O)cc2)C1=O. The van der Waals surface area contributed by atoms with Gasteiger partial charge in [0.15, 0.2) is 5.84 Å². The first-order valence-corrected chi connectivity index (χ1v) is 14.3. The third-order valence-electron chi connectivity index (χ3n) is 8.85. The number of hydrogen-bond donors (Lipinski definition) is 1. The molecule has 2 atom stereocenters. The average Bonchev–Trinajstić information content (AvgIpc) is 3.10. The number of benzene rings is 1.